The highest BCUT2D eigenvalue weighted by molar-refractivity contribution is 6.19. The van der Waals surface area contributed by atoms with Gasteiger partial charge in [-0.3, -0.25) is 19.2 Å². The fourth-order valence-corrected chi connectivity index (χ4v) is 6.40. The Morgan fingerprint density at radius 2 is 1.41 bits per heavy atom. The number of ketones is 3. The van der Waals surface area contributed by atoms with Crippen molar-refractivity contribution in [1.82, 2.24) is 0 Å². The highest BCUT2D eigenvalue weighted by Crippen LogP contribution is 2.56. The molecule has 0 radical (unpaired) electrons. The van der Waals surface area contributed by atoms with Gasteiger partial charge in [-0.25, -0.2) is 9.59 Å². The molecule has 2 aromatic carbocycles. The second-order valence-electron chi connectivity index (χ2n) is 9.87. The summed E-state index contributed by atoms with van der Waals surface area (Å²) in [4.78, 5) is 77.9. The van der Waals surface area contributed by atoms with Gasteiger partial charge in [0.15, 0.2) is 17.3 Å². The van der Waals surface area contributed by atoms with E-state index in [4.69, 9.17) is 4.74 Å². The van der Waals surface area contributed by atoms with Crippen molar-refractivity contribution in [2.75, 3.05) is 0 Å². The van der Waals surface area contributed by atoms with Crippen molar-refractivity contribution >= 4 is 35.3 Å². The van der Waals surface area contributed by atoms with Gasteiger partial charge in [-0.15, -0.1) is 0 Å². The zero-order valence-electron chi connectivity index (χ0n) is 20.1. The maximum absolute atomic E-state index is 14.1. The average molecular weight is 534 g/mol. The van der Waals surface area contributed by atoms with Crippen LogP contribution in [0.3, 0.4) is 0 Å². The minimum atomic E-state index is -1.37. The number of carboxylic acids is 2. The van der Waals surface area contributed by atoms with Crippen LogP contribution in [0.2, 0.25) is 0 Å². The number of ether oxygens (including phenoxy) is 1. The fourth-order valence-electron chi connectivity index (χ4n) is 6.40. The second kappa shape index (κ2) is 9.50. The number of carboxylic acid groups (broad SMARTS) is 2. The van der Waals surface area contributed by atoms with Crippen molar-refractivity contribution in [1.29, 1.82) is 0 Å². The van der Waals surface area contributed by atoms with E-state index in [2.05, 4.69) is 0 Å². The van der Waals surface area contributed by atoms with Gasteiger partial charge in [0.05, 0.1) is 23.1 Å². The SMILES string of the molecule is O=C(O)/C=C/C1C2C(=O)c3c(O)cccc3C(=O)O[C@H](CC(=O)O)CC2C2C(=O)c3c(O)cccc3C(=O)C12. The minimum absolute atomic E-state index is 0.0781. The molecule has 1 saturated carbocycles. The summed E-state index contributed by atoms with van der Waals surface area (Å²) in [7, 11) is 0. The fraction of sp³-hybridized carbons (Fsp3) is 0.286. The van der Waals surface area contributed by atoms with Crippen LogP contribution in [-0.4, -0.2) is 61.8 Å². The molecule has 0 saturated heterocycles. The molecule has 2 aliphatic carbocycles. The lowest BCUT2D eigenvalue weighted by Gasteiger charge is -2.31. The maximum Gasteiger partial charge on any atom is 0.339 e. The number of aliphatic carboxylic acids is 2. The Labute approximate surface area is 220 Å². The molecular formula is C28H22O11. The number of allylic oxidation sites excluding steroid dienone is 1. The van der Waals surface area contributed by atoms with Gasteiger partial charge in [-0.2, -0.15) is 0 Å². The summed E-state index contributed by atoms with van der Waals surface area (Å²) >= 11 is 0. The Balaban J connectivity index is 1.77. The maximum atomic E-state index is 14.1. The van der Waals surface area contributed by atoms with Gasteiger partial charge in [0, 0.05) is 29.4 Å². The third-order valence-electron chi connectivity index (χ3n) is 7.78. The van der Waals surface area contributed by atoms with E-state index in [1.807, 2.05) is 0 Å². The quantitative estimate of drug-likeness (QED) is 0.333. The van der Waals surface area contributed by atoms with E-state index in [9.17, 15) is 49.2 Å². The zero-order valence-corrected chi connectivity index (χ0v) is 20.1. The molecule has 0 aromatic heterocycles. The first kappa shape index (κ1) is 25.8. The molecule has 3 aliphatic rings. The number of cyclic esters (lactones) is 1. The van der Waals surface area contributed by atoms with Crippen LogP contribution in [0.1, 0.15) is 54.3 Å². The average Bonchev–Trinajstić information content (AvgIpc) is 3.19. The van der Waals surface area contributed by atoms with Crippen LogP contribution >= 0.6 is 0 Å². The van der Waals surface area contributed by atoms with E-state index in [1.165, 1.54) is 36.4 Å². The molecule has 0 spiro atoms. The Morgan fingerprint density at radius 3 is 2.03 bits per heavy atom. The number of aromatic hydroxyl groups is 2. The molecule has 1 heterocycles. The van der Waals surface area contributed by atoms with E-state index in [1.54, 1.807) is 0 Å². The number of esters is 1. The molecular weight excluding hydrogens is 512 g/mol. The summed E-state index contributed by atoms with van der Waals surface area (Å²) in [5.41, 5.74) is -1.08. The van der Waals surface area contributed by atoms with Gasteiger partial charge in [0.1, 0.15) is 17.6 Å². The Bertz CT molecular complexity index is 1490. The van der Waals surface area contributed by atoms with E-state index >= 15 is 0 Å². The number of Topliss-reactive ketones (excluding diaryl/α,β-unsaturated/α-hetero) is 3. The van der Waals surface area contributed by atoms with Crippen LogP contribution in [0.4, 0.5) is 0 Å². The van der Waals surface area contributed by atoms with Crippen LogP contribution in [0.15, 0.2) is 48.6 Å². The van der Waals surface area contributed by atoms with Crippen molar-refractivity contribution in [2.24, 2.45) is 29.6 Å². The van der Waals surface area contributed by atoms with Gasteiger partial charge in [-0.1, -0.05) is 24.3 Å². The molecule has 200 valence electrons. The standard InChI is InChI=1S/C28H22O11/c29-16-5-1-3-13-21(16)27(37)24-15-9-11(10-19(33)34)39-28(38)14-4-2-6-17(30)22(14)26(36)20(15)12(7-8-18(31)32)23(24)25(13)35/h1-8,11-12,15,20,23-24,29-30H,9-10H2,(H,31,32)(H,33,34)/b8-7+/t11-,12?,15?,20?,23?,24?/m0/s1. The predicted octanol–water partition coefficient (Wildman–Crippen LogP) is 2.50. The summed E-state index contributed by atoms with van der Waals surface area (Å²) < 4.78 is 5.45. The smallest absolute Gasteiger partial charge is 0.339 e. The number of benzene rings is 2. The highest BCUT2D eigenvalue weighted by atomic mass is 16.5. The van der Waals surface area contributed by atoms with Crippen LogP contribution < -0.4 is 0 Å². The summed E-state index contributed by atoms with van der Waals surface area (Å²) in [6, 6.07) is 7.66. The Kier molecular flexibility index (Phi) is 6.29. The third kappa shape index (κ3) is 4.15. The third-order valence-corrected chi connectivity index (χ3v) is 7.78. The number of hydrogen-bond acceptors (Lipinski definition) is 9. The molecule has 6 atom stereocenters. The molecule has 2 aromatic rings. The first-order valence-corrected chi connectivity index (χ1v) is 12.1. The van der Waals surface area contributed by atoms with Crippen molar-refractivity contribution in [3.8, 4) is 11.5 Å². The lowest BCUT2D eigenvalue weighted by atomic mass is 9.70. The van der Waals surface area contributed by atoms with E-state index in [0.717, 1.165) is 12.2 Å². The van der Waals surface area contributed by atoms with Crippen LogP contribution in [-0.2, 0) is 14.3 Å². The molecule has 11 nitrogen and oxygen atoms in total. The molecule has 39 heavy (non-hydrogen) atoms. The van der Waals surface area contributed by atoms with Gasteiger partial charge < -0.3 is 25.2 Å². The lowest BCUT2D eigenvalue weighted by molar-refractivity contribution is -0.139. The Morgan fingerprint density at radius 1 is 0.821 bits per heavy atom. The number of phenolic OH excluding ortho intramolecular Hbond substituents is 2. The number of hydrogen-bond donors (Lipinski definition) is 4. The lowest BCUT2D eigenvalue weighted by Crippen LogP contribution is -2.39. The molecule has 5 rings (SSSR count). The van der Waals surface area contributed by atoms with Crippen LogP contribution in [0.5, 0.6) is 11.5 Å². The Hall–Kier alpha value is -4.80. The number of rotatable bonds is 4. The largest absolute Gasteiger partial charge is 0.507 e. The van der Waals surface area contributed by atoms with Gasteiger partial charge in [0.25, 0.3) is 0 Å². The molecule has 1 fully saturated rings. The van der Waals surface area contributed by atoms with Crippen molar-refractivity contribution in [3.05, 3.63) is 70.8 Å². The van der Waals surface area contributed by atoms with E-state index in [0.29, 0.717) is 0 Å². The van der Waals surface area contributed by atoms with E-state index in [-0.39, 0.29) is 23.1 Å². The highest BCUT2D eigenvalue weighted by Gasteiger charge is 2.61. The number of fused-ring (bicyclic) bond motifs is 5. The molecule has 1 aliphatic heterocycles. The number of phenols is 2. The minimum Gasteiger partial charge on any atom is -0.507 e. The van der Waals surface area contributed by atoms with Crippen LogP contribution in [0, 0.1) is 29.6 Å². The summed E-state index contributed by atoms with van der Waals surface area (Å²) in [6.07, 6.45) is -0.409. The first-order valence-electron chi connectivity index (χ1n) is 12.1. The molecule has 0 amide bonds. The summed E-state index contributed by atoms with van der Waals surface area (Å²) in [5.74, 6) is -12.9. The van der Waals surface area contributed by atoms with Crippen molar-refractivity contribution < 1.29 is 53.9 Å². The number of carbonyl (C=O) groups excluding carboxylic acids is 4. The van der Waals surface area contributed by atoms with Crippen LogP contribution in [0.25, 0.3) is 0 Å². The zero-order chi connectivity index (χ0) is 28.2. The predicted molar refractivity (Wildman–Crippen MR) is 130 cm³/mol. The summed E-state index contributed by atoms with van der Waals surface area (Å²) in [6.45, 7) is 0. The van der Waals surface area contributed by atoms with Gasteiger partial charge >= 0.3 is 17.9 Å². The molecule has 4 N–H and O–H groups in total. The summed E-state index contributed by atoms with van der Waals surface area (Å²) in [5, 5.41) is 39.9. The monoisotopic (exact) mass is 534 g/mol. The number of carbonyl (C=O) groups is 6. The van der Waals surface area contributed by atoms with Gasteiger partial charge in [0.2, 0.25) is 0 Å². The van der Waals surface area contributed by atoms with Crippen molar-refractivity contribution in [2.45, 2.75) is 18.9 Å². The topological polar surface area (TPSA) is 193 Å². The second-order valence-corrected chi connectivity index (χ2v) is 9.87. The first-order chi connectivity index (χ1) is 18.5. The van der Waals surface area contributed by atoms with E-state index < -0.39 is 94.4 Å². The molecule has 11 heteroatoms. The van der Waals surface area contributed by atoms with Gasteiger partial charge in [-0.05, 0) is 36.5 Å². The molecule has 5 unspecified atom stereocenters. The van der Waals surface area contributed by atoms with Crippen molar-refractivity contribution in [3.63, 3.8) is 0 Å². The molecule has 0 bridgehead atoms. The normalized spacial score (nSPS) is 27.9.